The number of hydrogen-bond acceptors (Lipinski definition) is 4. The van der Waals surface area contributed by atoms with Crippen LogP contribution in [0.25, 0.3) is 11.4 Å². The highest BCUT2D eigenvalue weighted by molar-refractivity contribution is 6.31. The Balaban J connectivity index is 1.59. The minimum Gasteiger partial charge on any atom is -0.339 e. The van der Waals surface area contributed by atoms with Gasteiger partial charge < -0.3 is 9.84 Å². The van der Waals surface area contributed by atoms with Crippen LogP contribution in [-0.2, 0) is 11.2 Å². The molecule has 7 heteroatoms. The van der Waals surface area contributed by atoms with E-state index in [2.05, 4.69) is 29.3 Å². The Morgan fingerprint density at radius 3 is 2.67 bits per heavy atom. The highest BCUT2D eigenvalue weighted by Gasteiger charge is 2.13. The molecule has 1 heterocycles. The maximum Gasteiger partial charge on any atom is 0.227 e. The molecule has 0 aliphatic rings. The number of nitrogens with zero attached hydrogens (tertiary/aromatic N) is 2. The molecule has 1 aromatic heterocycles. The predicted octanol–water partition coefficient (Wildman–Crippen LogP) is 5.22. The van der Waals surface area contributed by atoms with Crippen molar-refractivity contribution in [2.24, 2.45) is 0 Å². The van der Waals surface area contributed by atoms with Crippen LogP contribution in [0.5, 0.6) is 0 Å². The summed E-state index contributed by atoms with van der Waals surface area (Å²) in [5.41, 5.74) is 2.12. The van der Waals surface area contributed by atoms with Gasteiger partial charge in [-0.05, 0) is 23.6 Å². The van der Waals surface area contributed by atoms with Crippen molar-refractivity contribution in [1.82, 2.24) is 10.1 Å². The van der Waals surface area contributed by atoms with Crippen molar-refractivity contribution >= 4 is 23.2 Å². The first kappa shape index (κ1) is 19.0. The van der Waals surface area contributed by atoms with E-state index in [0.29, 0.717) is 17.6 Å². The molecule has 5 nitrogen and oxygen atoms in total. The van der Waals surface area contributed by atoms with Crippen molar-refractivity contribution in [1.29, 1.82) is 0 Å². The molecule has 0 bridgehead atoms. The van der Waals surface area contributed by atoms with Crippen molar-refractivity contribution in [3.05, 3.63) is 64.8 Å². The number of nitrogens with one attached hydrogen (secondary N) is 1. The Morgan fingerprint density at radius 2 is 1.96 bits per heavy atom. The summed E-state index contributed by atoms with van der Waals surface area (Å²) in [4.78, 5) is 16.3. The lowest BCUT2D eigenvalue weighted by Gasteiger charge is -2.06. The standard InChI is InChI=1S/C20H19ClFN3O2/c1-12(2)13-6-8-14(9-7-13)20-24-18(27-25-20)11-10-17(26)23-16-5-3-4-15(21)19(16)22/h3-9,12H,10-11H2,1-2H3,(H,23,26). The number of carbonyl (C=O) groups is 1. The third-order valence-corrected chi connectivity index (χ3v) is 4.39. The molecule has 2 aromatic carbocycles. The number of hydrogen-bond donors (Lipinski definition) is 1. The zero-order valence-corrected chi connectivity index (χ0v) is 15.8. The highest BCUT2D eigenvalue weighted by Crippen LogP contribution is 2.23. The molecule has 27 heavy (non-hydrogen) atoms. The Labute approximate surface area is 161 Å². The topological polar surface area (TPSA) is 68.0 Å². The number of anilines is 1. The van der Waals surface area contributed by atoms with Crippen LogP contribution < -0.4 is 5.32 Å². The van der Waals surface area contributed by atoms with Gasteiger partial charge in [-0.1, -0.05) is 60.9 Å². The Kier molecular flexibility index (Phi) is 5.86. The van der Waals surface area contributed by atoms with E-state index in [1.807, 2.05) is 24.3 Å². The fourth-order valence-corrected chi connectivity index (χ4v) is 2.70. The van der Waals surface area contributed by atoms with E-state index >= 15 is 0 Å². The van der Waals surface area contributed by atoms with Crippen LogP contribution in [0, 0.1) is 5.82 Å². The van der Waals surface area contributed by atoms with E-state index < -0.39 is 5.82 Å². The van der Waals surface area contributed by atoms with Gasteiger partial charge >= 0.3 is 0 Å². The number of carbonyl (C=O) groups excluding carboxylic acids is 1. The summed E-state index contributed by atoms with van der Waals surface area (Å²) in [5.74, 6) is 0.249. The Morgan fingerprint density at radius 1 is 1.22 bits per heavy atom. The zero-order valence-electron chi connectivity index (χ0n) is 15.0. The van der Waals surface area contributed by atoms with Gasteiger partial charge in [-0.15, -0.1) is 0 Å². The second-order valence-electron chi connectivity index (χ2n) is 6.44. The normalized spacial score (nSPS) is 11.0. The first-order valence-corrected chi connectivity index (χ1v) is 8.98. The second-order valence-corrected chi connectivity index (χ2v) is 6.85. The van der Waals surface area contributed by atoms with E-state index in [1.54, 1.807) is 6.07 Å². The number of halogens is 2. The van der Waals surface area contributed by atoms with Gasteiger partial charge in [0.05, 0.1) is 10.7 Å². The molecule has 3 aromatic rings. The molecule has 0 saturated heterocycles. The fraction of sp³-hybridized carbons (Fsp3) is 0.250. The van der Waals surface area contributed by atoms with Crippen molar-refractivity contribution < 1.29 is 13.7 Å². The van der Waals surface area contributed by atoms with Gasteiger partial charge in [0, 0.05) is 18.4 Å². The van der Waals surface area contributed by atoms with Gasteiger partial charge in [-0.2, -0.15) is 4.98 Å². The number of aromatic nitrogens is 2. The SMILES string of the molecule is CC(C)c1ccc(-c2noc(CCC(=O)Nc3cccc(Cl)c3F)n2)cc1. The molecule has 140 valence electrons. The highest BCUT2D eigenvalue weighted by atomic mass is 35.5. The molecule has 0 aliphatic carbocycles. The molecule has 0 aliphatic heterocycles. The van der Waals surface area contributed by atoms with Gasteiger partial charge in [0.25, 0.3) is 0 Å². The van der Waals surface area contributed by atoms with Crippen LogP contribution in [0.4, 0.5) is 10.1 Å². The quantitative estimate of drug-likeness (QED) is 0.629. The molecule has 0 atom stereocenters. The Bertz CT molecular complexity index is 939. The maximum absolute atomic E-state index is 13.8. The molecule has 1 amide bonds. The molecule has 1 N–H and O–H groups in total. The number of amides is 1. The summed E-state index contributed by atoms with van der Waals surface area (Å²) in [6, 6.07) is 12.4. The summed E-state index contributed by atoms with van der Waals surface area (Å²) in [6.45, 7) is 4.25. The number of aryl methyl sites for hydroxylation is 1. The summed E-state index contributed by atoms with van der Waals surface area (Å²) in [7, 11) is 0. The van der Waals surface area contributed by atoms with E-state index in [9.17, 15) is 9.18 Å². The van der Waals surface area contributed by atoms with Crippen LogP contribution in [0.2, 0.25) is 5.02 Å². The molecule has 0 unspecified atom stereocenters. The smallest absolute Gasteiger partial charge is 0.227 e. The van der Waals surface area contributed by atoms with Crippen molar-refractivity contribution in [2.75, 3.05) is 5.32 Å². The first-order valence-electron chi connectivity index (χ1n) is 8.61. The van der Waals surface area contributed by atoms with Crippen LogP contribution in [0.1, 0.15) is 37.6 Å². The molecular formula is C20H19ClFN3O2. The number of benzene rings is 2. The third-order valence-electron chi connectivity index (χ3n) is 4.10. The number of rotatable bonds is 6. The van der Waals surface area contributed by atoms with E-state index in [4.69, 9.17) is 16.1 Å². The average Bonchev–Trinajstić information content (AvgIpc) is 3.13. The second kappa shape index (κ2) is 8.31. The molecule has 0 spiro atoms. The van der Waals surface area contributed by atoms with E-state index in [0.717, 1.165) is 5.56 Å². The summed E-state index contributed by atoms with van der Waals surface area (Å²) in [5, 5.41) is 6.40. The molecule has 0 radical (unpaired) electrons. The summed E-state index contributed by atoms with van der Waals surface area (Å²) < 4.78 is 19.0. The molecule has 0 saturated carbocycles. The molecule has 0 fully saturated rings. The van der Waals surface area contributed by atoms with Gasteiger partial charge in [0.15, 0.2) is 5.82 Å². The maximum atomic E-state index is 13.8. The van der Waals surface area contributed by atoms with E-state index in [-0.39, 0.29) is 29.5 Å². The zero-order chi connectivity index (χ0) is 19.4. The third kappa shape index (κ3) is 4.71. The van der Waals surface area contributed by atoms with Crippen LogP contribution >= 0.6 is 11.6 Å². The predicted molar refractivity (Wildman–Crippen MR) is 102 cm³/mol. The van der Waals surface area contributed by atoms with Crippen molar-refractivity contribution in [3.63, 3.8) is 0 Å². The Hall–Kier alpha value is -2.73. The monoisotopic (exact) mass is 387 g/mol. The lowest BCUT2D eigenvalue weighted by atomic mass is 10.0. The lowest BCUT2D eigenvalue weighted by molar-refractivity contribution is -0.116. The fourth-order valence-electron chi connectivity index (χ4n) is 2.52. The molecule has 3 rings (SSSR count). The van der Waals surface area contributed by atoms with Crippen LogP contribution in [0.15, 0.2) is 47.0 Å². The van der Waals surface area contributed by atoms with Crippen LogP contribution in [0.3, 0.4) is 0 Å². The van der Waals surface area contributed by atoms with Gasteiger partial charge in [0.1, 0.15) is 0 Å². The van der Waals surface area contributed by atoms with Gasteiger partial charge in [0.2, 0.25) is 17.6 Å². The molecular weight excluding hydrogens is 369 g/mol. The minimum absolute atomic E-state index is 0.0437. The van der Waals surface area contributed by atoms with Crippen molar-refractivity contribution in [3.8, 4) is 11.4 Å². The first-order chi connectivity index (χ1) is 12.9. The summed E-state index contributed by atoms with van der Waals surface area (Å²) >= 11 is 5.70. The average molecular weight is 388 g/mol. The summed E-state index contributed by atoms with van der Waals surface area (Å²) in [6.07, 6.45) is 0.338. The van der Waals surface area contributed by atoms with E-state index in [1.165, 1.54) is 17.7 Å². The van der Waals surface area contributed by atoms with Crippen molar-refractivity contribution in [2.45, 2.75) is 32.6 Å². The van der Waals surface area contributed by atoms with Crippen LogP contribution in [-0.4, -0.2) is 16.0 Å². The van der Waals surface area contributed by atoms with Gasteiger partial charge in [-0.3, -0.25) is 4.79 Å². The largest absolute Gasteiger partial charge is 0.339 e. The van der Waals surface area contributed by atoms with Gasteiger partial charge in [-0.25, -0.2) is 4.39 Å². The lowest BCUT2D eigenvalue weighted by Crippen LogP contribution is -2.13. The minimum atomic E-state index is -0.655.